The van der Waals surface area contributed by atoms with E-state index < -0.39 is 0 Å². The zero-order chi connectivity index (χ0) is 20.8. The van der Waals surface area contributed by atoms with E-state index in [1.54, 1.807) is 12.3 Å². The highest BCUT2D eigenvalue weighted by molar-refractivity contribution is 5.80. The number of guanidine groups is 1. The van der Waals surface area contributed by atoms with Gasteiger partial charge in [-0.25, -0.2) is 14.4 Å². The summed E-state index contributed by atoms with van der Waals surface area (Å²) in [5.74, 6) is 0.947. The Balaban J connectivity index is 1.34. The third kappa shape index (κ3) is 4.90. The molecule has 6 nitrogen and oxygen atoms in total. The average Bonchev–Trinajstić information content (AvgIpc) is 3.45. The van der Waals surface area contributed by atoms with E-state index in [0.29, 0.717) is 18.9 Å². The molecule has 158 valence electrons. The first-order valence-electron chi connectivity index (χ1n) is 10.6. The number of benzene rings is 1. The number of anilines is 2. The van der Waals surface area contributed by atoms with Crippen LogP contribution in [0.3, 0.4) is 0 Å². The van der Waals surface area contributed by atoms with Crippen LogP contribution >= 0.6 is 0 Å². The lowest BCUT2D eigenvalue weighted by atomic mass is 10.2. The molecule has 4 rings (SSSR count). The van der Waals surface area contributed by atoms with Crippen LogP contribution in [0.25, 0.3) is 0 Å². The summed E-state index contributed by atoms with van der Waals surface area (Å²) < 4.78 is 14.0. The first kappa shape index (κ1) is 20.2. The van der Waals surface area contributed by atoms with Gasteiger partial charge >= 0.3 is 0 Å². The maximum Gasteiger partial charge on any atom is 0.191 e. The number of halogens is 1. The number of hydrogen-bond donors (Lipinski definition) is 2. The number of rotatable bonds is 6. The van der Waals surface area contributed by atoms with E-state index in [1.807, 2.05) is 4.90 Å². The van der Waals surface area contributed by atoms with Gasteiger partial charge in [0.05, 0.1) is 6.54 Å². The minimum atomic E-state index is -0.271. The molecule has 2 aliphatic heterocycles. The molecule has 0 bridgehead atoms. The molecule has 1 unspecified atom stereocenters. The van der Waals surface area contributed by atoms with Gasteiger partial charge in [0.2, 0.25) is 0 Å². The maximum absolute atomic E-state index is 14.0. The van der Waals surface area contributed by atoms with E-state index in [1.165, 1.54) is 17.3 Å². The van der Waals surface area contributed by atoms with E-state index in [0.717, 1.165) is 38.6 Å². The lowest BCUT2D eigenvalue weighted by molar-refractivity contribution is 0.612. The van der Waals surface area contributed by atoms with Crippen molar-refractivity contribution in [2.75, 3.05) is 42.5 Å². The standard InChI is InChI=1S/C23H29FN6/c1-2-25-23(27-16-18-7-9-20(10-8-18)29-13-3-4-14-29)28-19-11-15-30(17-19)22-21(24)6-5-12-26-22/h3-10,12,19H,2,11,13-17H2,1H3,(H2,25,27,28). The number of hydrogen-bond acceptors (Lipinski definition) is 4. The van der Waals surface area contributed by atoms with E-state index in [4.69, 9.17) is 4.99 Å². The number of pyridine rings is 1. The summed E-state index contributed by atoms with van der Waals surface area (Å²) >= 11 is 0. The van der Waals surface area contributed by atoms with Crippen molar-refractivity contribution in [3.05, 3.63) is 66.1 Å². The monoisotopic (exact) mass is 408 g/mol. The molecule has 1 saturated heterocycles. The van der Waals surface area contributed by atoms with Gasteiger partial charge in [-0.15, -0.1) is 0 Å². The zero-order valence-corrected chi connectivity index (χ0v) is 17.4. The minimum Gasteiger partial charge on any atom is -0.364 e. The summed E-state index contributed by atoms with van der Waals surface area (Å²) in [5.41, 5.74) is 2.41. The van der Waals surface area contributed by atoms with Crippen LogP contribution in [-0.2, 0) is 6.54 Å². The molecule has 0 spiro atoms. The fraction of sp³-hybridized carbons (Fsp3) is 0.391. The first-order chi connectivity index (χ1) is 14.7. The molecule has 7 heteroatoms. The normalized spacial score (nSPS) is 18.9. The van der Waals surface area contributed by atoms with Crippen molar-refractivity contribution in [1.29, 1.82) is 0 Å². The lowest BCUT2D eigenvalue weighted by Crippen LogP contribution is -2.44. The van der Waals surface area contributed by atoms with Crippen LogP contribution in [0.4, 0.5) is 15.9 Å². The molecule has 0 aliphatic carbocycles. The minimum absolute atomic E-state index is 0.203. The van der Waals surface area contributed by atoms with Crippen LogP contribution < -0.4 is 20.4 Å². The summed E-state index contributed by atoms with van der Waals surface area (Å²) in [6, 6.07) is 11.9. The van der Waals surface area contributed by atoms with E-state index in [-0.39, 0.29) is 11.9 Å². The Bertz CT molecular complexity index is 887. The summed E-state index contributed by atoms with van der Waals surface area (Å²) in [6.45, 7) is 6.89. The van der Waals surface area contributed by atoms with Crippen LogP contribution in [0.15, 0.2) is 59.7 Å². The van der Waals surface area contributed by atoms with Crippen molar-refractivity contribution in [3.63, 3.8) is 0 Å². The molecule has 3 heterocycles. The molecule has 2 aliphatic rings. The fourth-order valence-corrected chi connectivity index (χ4v) is 3.87. The Kier molecular flexibility index (Phi) is 6.47. The van der Waals surface area contributed by atoms with Crippen molar-refractivity contribution < 1.29 is 4.39 Å². The zero-order valence-electron chi connectivity index (χ0n) is 17.4. The van der Waals surface area contributed by atoms with Crippen LogP contribution in [-0.4, -0.2) is 49.7 Å². The number of aliphatic imine (C=N–C) groups is 1. The highest BCUT2D eigenvalue weighted by Crippen LogP contribution is 2.21. The molecule has 2 aromatic rings. The smallest absolute Gasteiger partial charge is 0.191 e. The Morgan fingerprint density at radius 3 is 2.70 bits per heavy atom. The van der Waals surface area contributed by atoms with Gasteiger partial charge in [0.15, 0.2) is 17.6 Å². The highest BCUT2D eigenvalue weighted by Gasteiger charge is 2.25. The van der Waals surface area contributed by atoms with Crippen molar-refractivity contribution in [2.24, 2.45) is 4.99 Å². The average molecular weight is 409 g/mol. The van der Waals surface area contributed by atoms with Crippen molar-refractivity contribution in [2.45, 2.75) is 25.9 Å². The van der Waals surface area contributed by atoms with Gasteiger partial charge in [0, 0.05) is 50.6 Å². The van der Waals surface area contributed by atoms with E-state index in [2.05, 4.69) is 63.9 Å². The predicted molar refractivity (Wildman–Crippen MR) is 121 cm³/mol. The molecular formula is C23H29FN6. The topological polar surface area (TPSA) is 55.8 Å². The van der Waals surface area contributed by atoms with Crippen LogP contribution in [0.5, 0.6) is 0 Å². The van der Waals surface area contributed by atoms with E-state index in [9.17, 15) is 4.39 Å². The Morgan fingerprint density at radius 1 is 1.17 bits per heavy atom. The summed E-state index contributed by atoms with van der Waals surface area (Å²) in [6.07, 6.45) is 6.94. The SMILES string of the molecule is CCNC(=NCc1ccc(N2CC=CC2)cc1)NC1CCN(c2ncccc2F)C1. The van der Waals surface area contributed by atoms with Gasteiger partial charge in [0.1, 0.15) is 0 Å². The molecule has 0 amide bonds. The largest absolute Gasteiger partial charge is 0.364 e. The van der Waals surface area contributed by atoms with Crippen LogP contribution in [0.1, 0.15) is 18.9 Å². The van der Waals surface area contributed by atoms with Gasteiger partial charge in [-0.05, 0) is 43.2 Å². The van der Waals surface area contributed by atoms with E-state index >= 15 is 0 Å². The van der Waals surface area contributed by atoms with Crippen LogP contribution in [0, 0.1) is 5.82 Å². The predicted octanol–water partition coefficient (Wildman–Crippen LogP) is 2.93. The molecular weight excluding hydrogens is 379 g/mol. The third-order valence-electron chi connectivity index (χ3n) is 5.45. The van der Waals surface area contributed by atoms with Gasteiger partial charge in [0.25, 0.3) is 0 Å². The molecule has 2 N–H and O–H groups in total. The molecule has 1 aromatic heterocycles. The van der Waals surface area contributed by atoms with Crippen molar-refractivity contribution in [1.82, 2.24) is 15.6 Å². The molecule has 1 atom stereocenters. The molecule has 0 radical (unpaired) electrons. The molecule has 30 heavy (non-hydrogen) atoms. The van der Waals surface area contributed by atoms with Gasteiger partial charge in [-0.1, -0.05) is 24.3 Å². The summed E-state index contributed by atoms with van der Waals surface area (Å²) in [4.78, 5) is 13.3. The lowest BCUT2D eigenvalue weighted by Gasteiger charge is -2.20. The number of nitrogens with one attached hydrogen (secondary N) is 2. The second-order valence-corrected chi connectivity index (χ2v) is 7.62. The highest BCUT2D eigenvalue weighted by atomic mass is 19.1. The van der Waals surface area contributed by atoms with Gasteiger partial charge in [-0.3, -0.25) is 0 Å². The third-order valence-corrected chi connectivity index (χ3v) is 5.45. The second kappa shape index (κ2) is 9.61. The Labute approximate surface area is 177 Å². The van der Waals surface area contributed by atoms with Crippen molar-refractivity contribution >= 4 is 17.5 Å². The Morgan fingerprint density at radius 2 is 1.97 bits per heavy atom. The first-order valence-corrected chi connectivity index (χ1v) is 10.6. The fourth-order valence-electron chi connectivity index (χ4n) is 3.87. The quantitative estimate of drug-likeness (QED) is 0.437. The summed E-state index contributed by atoms with van der Waals surface area (Å²) in [7, 11) is 0. The molecule has 1 aromatic carbocycles. The maximum atomic E-state index is 14.0. The van der Waals surface area contributed by atoms with Gasteiger partial charge in [-0.2, -0.15) is 0 Å². The van der Waals surface area contributed by atoms with Gasteiger partial charge < -0.3 is 20.4 Å². The second-order valence-electron chi connectivity index (χ2n) is 7.62. The van der Waals surface area contributed by atoms with Crippen molar-refractivity contribution in [3.8, 4) is 0 Å². The molecule has 0 saturated carbocycles. The molecule has 1 fully saturated rings. The van der Waals surface area contributed by atoms with Crippen LogP contribution in [0.2, 0.25) is 0 Å². The Hall–Kier alpha value is -3.09. The number of aromatic nitrogens is 1. The number of nitrogens with zero attached hydrogens (tertiary/aromatic N) is 4. The summed E-state index contributed by atoms with van der Waals surface area (Å²) in [5, 5.41) is 6.81.